The van der Waals surface area contributed by atoms with Gasteiger partial charge in [-0.3, -0.25) is 4.90 Å². The standard InChI is InChI=1S/C17H21F3N2O5S/c18-17(19,20)14-3-1-2-4-15(14)28(25,26)13-9-12(22(11-13)16(23)24)10-21-5-7-27-8-6-21/h1-4,12-13H,5-11H2,(H,23,24)/t12-,13+/m1/s1. The minimum Gasteiger partial charge on any atom is -0.465 e. The summed E-state index contributed by atoms with van der Waals surface area (Å²) in [6.07, 6.45) is -6.14. The second-order valence-electron chi connectivity index (χ2n) is 6.90. The average molecular weight is 422 g/mol. The summed E-state index contributed by atoms with van der Waals surface area (Å²) in [4.78, 5) is 13.8. The molecule has 1 aromatic carbocycles. The number of ether oxygens (including phenoxy) is 1. The van der Waals surface area contributed by atoms with E-state index in [1.807, 2.05) is 4.90 Å². The third kappa shape index (κ3) is 4.26. The van der Waals surface area contributed by atoms with E-state index in [4.69, 9.17) is 4.74 Å². The van der Waals surface area contributed by atoms with Gasteiger partial charge in [-0.1, -0.05) is 12.1 Å². The summed E-state index contributed by atoms with van der Waals surface area (Å²) < 4.78 is 71.0. The van der Waals surface area contributed by atoms with Crippen molar-refractivity contribution in [1.82, 2.24) is 9.80 Å². The zero-order valence-corrected chi connectivity index (χ0v) is 15.7. The van der Waals surface area contributed by atoms with Crippen LogP contribution in [-0.2, 0) is 20.8 Å². The Kier molecular flexibility index (Phi) is 5.87. The van der Waals surface area contributed by atoms with Gasteiger partial charge in [0.25, 0.3) is 0 Å². The van der Waals surface area contributed by atoms with Gasteiger partial charge in [0.05, 0.1) is 28.9 Å². The molecular formula is C17H21F3N2O5S. The maximum absolute atomic E-state index is 13.3. The number of likely N-dealkylation sites (tertiary alicyclic amines) is 1. The number of morpholine rings is 1. The Labute approximate surface area is 160 Å². The predicted octanol–water partition coefficient (Wildman–Crippen LogP) is 1.93. The van der Waals surface area contributed by atoms with Gasteiger partial charge in [-0.2, -0.15) is 13.2 Å². The Bertz CT molecular complexity index is 824. The second-order valence-corrected chi connectivity index (χ2v) is 9.09. The molecule has 2 aliphatic heterocycles. The van der Waals surface area contributed by atoms with Crippen LogP contribution in [0.3, 0.4) is 0 Å². The summed E-state index contributed by atoms with van der Waals surface area (Å²) in [5.41, 5.74) is -1.23. The number of alkyl halides is 3. The van der Waals surface area contributed by atoms with E-state index in [-0.39, 0.29) is 13.0 Å². The summed E-state index contributed by atoms with van der Waals surface area (Å²) in [5, 5.41) is 8.24. The van der Waals surface area contributed by atoms with E-state index < -0.39 is 43.9 Å². The average Bonchev–Trinajstić information content (AvgIpc) is 3.07. The minimum atomic E-state index is -4.82. The lowest BCUT2D eigenvalue weighted by Crippen LogP contribution is -2.46. The number of hydrogen-bond donors (Lipinski definition) is 1. The molecule has 2 fully saturated rings. The molecule has 0 aliphatic carbocycles. The van der Waals surface area contributed by atoms with Crippen molar-refractivity contribution in [1.29, 1.82) is 0 Å². The van der Waals surface area contributed by atoms with Crippen LogP contribution < -0.4 is 0 Å². The van der Waals surface area contributed by atoms with Crippen molar-refractivity contribution in [2.24, 2.45) is 0 Å². The molecule has 0 spiro atoms. The first kappa shape index (κ1) is 20.9. The SMILES string of the molecule is O=C(O)N1C[C@@H](S(=O)(=O)c2ccccc2C(F)(F)F)C[C@@H]1CN1CCOCC1. The van der Waals surface area contributed by atoms with Gasteiger partial charge >= 0.3 is 12.3 Å². The van der Waals surface area contributed by atoms with Crippen LogP contribution in [0, 0.1) is 0 Å². The first-order valence-electron chi connectivity index (χ1n) is 8.80. The van der Waals surface area contributed by atoms with Crippen LogP contribution >= 0.6 is 0 Å². The second kappa shape index (κ2) is 7.88. The number of rotatable bonds is 4. The highest BCUT2D eigenvalue weighted by atomic mass is 32.2. The number of benzene rings is 1. The highest BCUT2D eigenvalue weighted by molar-refractivity contribution is 7.92. The molecule has 156 valence electrons. The Morgan fingerprint density at radius 1 is 1.21 bits per heavy atom. The fourth-order valence-electron chi connectivity index (χ4n) is 3.72. The molecule has 2 aliphatic rings. The van der Waals surface area contributed by atoms with E-state index in [0.717, 1.165) is 23.1 Å². The number of nitrogens with zero attached hydrogens (tertiary/aromatic N) is 2. The van der Waals surface area contributed by atoms with Crippen LogP contribution in [0.4, 0.5) is 18.0 Å². The minimum absolute atomic E-state index is 0.0435. The third-order valence-electron chi connectivity index (χ3n) is 5.13. The molecule has 1 amide bonds. The van der Waals surface area contributed by atoms with Gasteiger partial charge in [0.1, 0.15) is 0 Å². The van der Waals surface area contributed by atoms with Gasteiger partial charge < -0.3 is 14.7 Å². The Hall–Kier alpha value is -1.85. The summed E-state index contributed by atoms with van der Waals surface area (Å²) in [7, 11) is -4.36. The molecule has 0 saturated carbocycles. The van der Waals surface area contributed by atoms with E-state index in [1.165, 1.54) is 6.07 Å². The van der Waals surface area contributed by atoms with Crippen molar-refractivity contribution >= 4 is 15.9 Å². The van der Waals surface area contributed by atoms with Gasteiger partial charge in [-0.15, -0.1) is 0 Å². The third-order valence-corrected chi connectivity index (χ3v) is 7.32. The number of sulfone groups is 1. The van der Waals surface area contributed by atoms with E-state index in [2.05, 4.69) is 0 Å². The summed E-state index contributed by atoms with van der Waals surface area (Å²) in [6, 6.07) is 3.41. The fraction of sp³-hybridized carbons (Fsp3) is 0.588. The Morgan fingerprint density at radius 3 is 2.46 bits per heavy atom. The maximum Gasteiger partial charge on any atom is 0.417 e. The summed E-state index contributed by atoms with van der Waals surface area (Å²) in [6.45, 7) is 2.17. The molecule has 0 radical (unpaired) electrons. The fourth-order valence-corrected chi connectivity index (χ4v) is 5.67. The molecule has 2 heterocycles. The van der Waals surface area contributed by atoms with Crippen molar-refractivity contribution in [2.45, 2.75) is 28.8 Å². The first-order chi connectivity index (χ1) is 13.1. The van der Waals surface area contributed by atoms with Gasteiger partial charge in [0.2, 0.25) is 0 Å². The molecule has 2 atom stereocenters. The zero-order valence-electron chi connectivity index (χ0n) is 14.9. The Balaban J connectivity index is 1.86. The molecule has 7 nitrogen and oxygen atoms in total. The van der Waals surface area contributed by atoms with Crippen LogP contribution in [0.1, 0.15) is 12.0 Å². The number of amides is 1. The van der Waals surface area contributed by atoms with Crippen molar-refractivity contribution in [3.63, 3.8) is 0 Å². The molecular weight excluding hydrogens is 401 g/mol. The zero-order chi connectivity index (χ0) is 20.5. The number of carboxylic acid groups (broad SMARTS) is 1. The predicted molar refractivity (Wildman–Crippen MR) is 92.8 cm³/mol. The van der Waals surface area contributed by atoms with Crippen molar-refractivity contribution in [3.05, 3.63) is 29.8 Å². The van der Waals surface area contributed by atoms with Crippen LogP contribution in [-0.4, -0.2) is 80.1 Å². The monoisotopic (exact) mass is 422 g/mol. The smallest absolute Gasteiger partial charge is 0.417 e. The van der Waals surface area contributed by atoms with Gasteiger partial charge in [0.15, 0.2) is 9.84 Å². The van der Waals surface area contributed by atoms with Crippen LogP contribution in [0.2, 0.25) is 0 Å². The quantitative estimate of drug-likeness (QED) is 0.798. The molecule has 1 aromatic rings. The lowest BCUT2D eigenvalue weighted by Gasteiger charge is -2.31. The van der Waals surface area contributed by atoms with E-state index >= 15 is 0 Å². The van der Waals surface area contributed by atoms with Crippen molar-refractivity contribution in [3.8, 4) is 0 Å². The molecule has 0 bridgehead atoms. The van der Waals surface area contributed by atoms with Crippen LogP contribution in [0.5, 0.6) is 0 Å². The highest BCUT2D eigenvalue weighted by Crippen LogP contribution is 2.37. The highest BCUT2D eigenvalue weighted by Gasteiger charge is 2.46. The van der Waals surface area contributed by atoms with E-state index in [9.17, 15) is 31.5 Å². The number of hydrogen-bond acceptors (Lipinski definition) is 5. The van der Waals surface area contributed by atoms with Crippen molar-refractivity contribution < 1.29 is 36.2 Å². The first-order valence-corrected chi connectivity index (χ1v) is 10.3. The topological polar surface area (TPSA) is 87.2 Å². The molecule has 11 heteroatoms. The van der Waals surface area contributed by atoms with E-state index in [0.29, 0.717) is 32.8 Å². The molecule has 28 heavy (non-hydrogen) atoms. The normalized spacial score (nSPS) is 24.5. The number of carbonyl (C=O) groups is 1. The van der Waals surface area contributed by atoms with E-state index in [1.54, 1.807) is 0 Å². The molecule has 0 unspecified atom stereocenters. The van der Waals surface area contributed by atoms with Crippen LogP contribution in [0.15, 0.2) is 29.2 Å². The van der Waals surface area contributed by atoms with Gasteiger partial charge in [0, 0.05) is 32.2 Å². The van der Waals surface area contributed by atoms with Crippen molar-refractivity contribution in [2.75, 3.05) is 39.4 Å². The summed E-state index contributed by atoms with van der Waals surface area (Å²) >= 11 is 0. The van der Waals surface area contributed by atoms with Gasteiger partial charge in [-0.25, -0.2) is 13.2 Å². The lowest BCUT2D eigenvalue weighted by molar-refractivity contribution is -0.139. The molecule has 2 saturated heterocycles. The Morgan fingerprint density at radius 2 is 1.86 bits per heavy atom. The number of halogens is 3. The molecule has 1 N–H and O–H groups in total. The van der Waals surface area contributed by atoms with Crippen LogP contribution in [0.25, 0.3) is 0 Å². The summed E-state index contributed by atoms with van der Waals surface area (Å²) in [5.74, 6) is 0. The maximum atomic E-state index is 13.3. The molecule has 0 aromatic heterocycles. The largest absolute Gasteiger partial charge is 0.465 e. The van der Waals surface area contributed by atoms with Gasteiger partial charge in [-0.05, 0) is 18.6 Å². The lowest BCUT2D eigenvalue weighted by atomic mass is 10.2. The molecule has 3 rings (SSSR count).